The van der Waals surface area contributed by atoms with E-state index in [0.717, 1.165) is 31.5 Å². The van der Waals surface area contributed by atoms with Gasteiger partial charge in [-0.2, -0.15) is 0 Å². The average molecular weight is 296 g/mol. The molecule has 1 aliphatic heterocycles. The number of hydrogen-bond acceptors (Lipinski definition) is 3. The maximum absolute atomic E-state index is 12.0. The van der Waals surface area contributed by atoms with Crippen molar-refractivity contribution in [3.05, 3.63) is 0 Å². The highest BCUT2D eigenvalue weighted by Gasteiger charge is 2.34. The summed E-state index contributed by atoms with van der Waals surface area (Å²) in [5.41, 5.74) is 0. The molecule has 1 heterocycles. The number of nitrogens with one attached hydrogen (secondary N) is 1. The van der Waals surface area contributed by atoms with Crippen molar-refractivity contribution >= 4 is 6.09 Å². The van der Waals surface area contributed by atoms with Gasteiger partial charge < -0.3 is 15.0 Å². The summed E-state index contributed by atoms with van der Waals surface area (Å²) in [6.45, 7) is 9.59. The molecule has 0 bridgehead atoms. The topological polar surface area (TPSA) is 41.6 Å². The molecule has 2 aliphatic rings. The van der Waals surface area contributed by atoms with Crippen LogP contribution in [0.15, 0.2) is 0 Å². The smallest absolute Gasteiger partial charge is 0.409 e. The number of ether oxygens (including phenoxy) is 1. The Hall–Kier alpha value is -0.770. The summed E-state index contributed by atoms with van der Waals surface area (Å²) in [6, 6.07) is 0.436. The third kappa shape index (κ3) is 5.85. The molecule has 1 N–H and O–H groups in total. The molecular weight excluding hydrogens is 264 g/mol. The predicted octanol–water partition coefficient (Wildman–Crippen LogP) is 3.27. The second-order valence-corrected chi connectivity index (χ2v) is 7.22. The number of likely N-dealkylation sites (tertiary alicyclic amines) is 1. The first-order chi connectivity index (χ1) is 10.1. The van der Waals surface area contributed by atoms with E-state index in [1.165, 1.54) is 32.1 Å². The molecule has 2 atom stereocenters. The highest BCUT2D eigenvalue weighted by Crippen LogP contribution is 2.37. The van der Waals surface area contributed by atoms with E-state index in [0.29, 0.717) is 18.6 Å². The first-order valence-corrected chi connectivity index (χ1v) is 8.73. The van der Waals surface area contributed by atoms with Crippen molar-refractivity contribution in [1.82, 2.24) is 10.2 Å². The number of piperidine rings is 1. The van der Waals surface area contributed by atoms with Crippen LogP contribution >= 0.6 is 0 Å². The fraction of sp³-hybridized carbons (Fsp3) is 0.941. The van der Waals surface area contributed by atoms with Crippen molar-refractivity contribution in [3.8, 4) is 0 Å². The molecule has 0 aromatic heterocycles. The van der Waals surface area contributed by atoms with E-state index < -0.39 is 0 Å². The van der Waals surface area contributed by atoms with Gasteiger partial charge in [0.1, 0.15) is 0 Å². The maximum Gasteiger partial charge on any atom is 0.409 e. The van der Waals surface area contributed by atoms with E-state index in [2.05, 4.69) is 19.2 Å². The molecule has 2 rings (SSSR count). The van der Waals surface area contributed by atoms with Crippen LogP contribution in [-0.4, -0.2) is 43.3 Å². The lowest BCUT2D eigenvalue weighted by Gasteiger charge is -2.38. The van der Waals surface area contributed by atoms with Crippen molar-refractivity contribution in [2.75, 3.05) is 26.2 Å². The van der Waals surface area contributed by atoms with Crippen LogP contribution in [-0.2, 0) is 4.74 Å². The van der Waals surface area contributed by atoms with E-state index in [1.807, 2.05) is 11.8 Å². The highest BCUT2D eigenvalue weighted by molar-refractivity contribution is 5.67. The minimum absolute atomic E-state index is 0.131. The van der Waals surface area contributed by atoms with E-state index in [-0.39, 0.29) is 6.09 Å². The van der Waals surface area contributed by atoms with Crippen LogP contribution in [0, 0.1) is 17.8 Å². The van der Waals surface area contributed by atoms with Crippen LogP contribution in [0.4, 0.5) is 4.79 Å². The summed E-state index contributed by atoms with van der Waals surface area (Å²) in [4.78, 5) is 14.0. The Bertz CT molecular complexity index is 329. The minimum Gasteiger partial charge on any atom is -0.450 e. The Labute approximate surface area is 129 Å². The van der Waals surface area contributed by atoms with Gasteiger partial charge in [-0.25, -0.2) is 4.79 Å². The Morgan fingerprint density at radius 3 is 2.67 bits per heavy atom. The normalized spacial score (nSPS) is 26.2. The molecule has 0 aromatic rings. The van der Waals surface area contributed by atoms with Gasteiger partial charge in [0, 0.05) is 19.1 Å². The molecule has 0 spiro atoms. The van der Waals surface area contributed by atoms with Crippen LogP contribution in [0.1, 0.15) is 52.9 Å². The largest absolute Gasteiger partial charge is 0.450 e. The summed E-state index contributed by atoms with van der Waals surface area (Å²) >= 11 is 0. The molecule has 1 saturated heterocycles. The number of hydrogen-bond donors (Lipinski definition) is 1. The van der Waals surface area contributed by atoms with Gasteiger partial charge in [0.2, 0.25) is 0 Å². The Morgan fingerprint density at radius 2 is 2.05 bits per heavy atom. The lowest BCUT2D eigenvalue weighted by Crippen LogP contribution is -2.51. The summed E-state index contributed by atoms with van der Waals surface area (Å²) in [5.74, 6) is 2.30. The molecular formula is C17H32N2O2. The lowest BCUT2D eigenvalue weighted by molar-refractivity contribution is 0.0762. The quantitative estimate of drug-likeness (QED) is 0.784. The molecule has 1 amide bonds. The summed E-state index contributed by atoms with van der Waals surface area (Å²) in [7, 11) is 0. The molecule has 4 heteroatoms. The molecule has 2 fully saturated rings. The van der Waals surface area contributed by atoms with Gasteiger partial charge in [0.25, 0.3) is 0 Å². The summed E-state index contributed by atoms with van der Waals surface area (Å²) < 4.78 is 5.20. The second-order valence-electron chi connectivity index (χ2n) is 7.22. The molecule has 0 radical (unpaired) electrons. The van der Waals surface area contributed by atoms with Gasteiger partial charge in [-0.1, -0.05) is 26.7 Å². The fourth-order valence-corrected chi connectivity index (χ4v) is 3.29. The standard InChI is InChI=1S/C17H32N2O2/c1-4-21-17(20)19-11-15(9-14-5-6-14)10-16(12-19)18-8-7-13(2)3/h13-16,18H,4-12H2,1-3H3. The van der Waals surface area contributed by atoms with Crippen LogP contribution in [0.25, 0.3) is 0 Å². The van der Waals surface area contributed by atoms with E-state index in [9.17, 15) is 4.79 Å². The van der Waals surface area contributed by atoms with Crippen molar-refractivity contribution < 1.29 is 9.53 Å². The first-order valence-electron chi connectivity index (χ1n) is 8.73. The summed E-state index contributed by atoms with van der Waals surface area (Å²) in [5, 5.41) is 3.65. The van der Waals surface area contributed by atoms with Crippen molar-refractivity contribution in [2.45, 2.75) is 58.9 Å². The van der Waals surface area contributed by atoms with Crippen LogP contribution in [0.5, 0.6) is 0 Å². The van der Waals surface area contributed by atoms with E-state index >= 15 is 0 Å². The molecule has 122 valence electrons. The summed E-state index contributed by atoms with van der Waals surface area (Å²) in [6.07, 6.45) is 6.35. The third-order valence-electron chi connectivity index (χ3n) is 4.58. The number of amides is 1. The monoisotopic (exact) mass is 296 g/mol. The Kier molecular flexibility index (Phi) is 6.34. The number of carbonyl (C=O) groups is 1. The average Bonchev–Trinajstić information content (AvgIpc) is 3.22. The van der Waals surface area contributed by atoms with E-state index in [4.69, 9.17) is 4.74 Å². The molecule has 21 heavy (non-hydrogen) atoms. The third-order valence-corrected chi connectivity index (χ3v) is 4.58. The fourth-order valence-electron chi connectivity index (χ4n) is 3.29. The zero-order valence-electron chi connectivity index (χ0n) is 13.9. The minimum atomic E-state index is -0.131. The SMILES string of the molecule is CCOC(=O)N1CC(CC2CC2)CC(NCCC(C)C)C1. The highest BCUT2D eigenvalue weighted by atomic mass is 16.6. The second kappa shape index (κ2) is 8.02. The Morgan fingerprint density at radius 1 is 1.29 bits per heavy atom. The van der Waals surface area contributed by atoms with Gasteiger partial charge in [-0.05, 0) is 50.5 Å². The number of carbonyl (C=O) groups excluding carboxylic acids is 1. The van der Waals surface area contributed by atoms with Crippen molar-refractivity contribution in [1.29, 1.82) is 0 Å². The molecule has 1 aliphatic carbocycles. The zero-order chi connectivity index (χ0) is 15.2. The molecule has 2 unspecified atom stereocenters. The van der Waals surface area contributed by atoms with Crippen LogP contribution in [0.3, 0.4) is 0 Å². The van der Waals surface area contributed by atoms with Gasteiger partial charge in [-0.15, -0.1) is 0 Å². The van der Waals surface area contributed by atoms with Gasteiger partial charge in [0.15, 0.2) is 0 Å². The molecule has 0 aromatic carbocycles. The van der Waals surface area contributed by atoms with Crippen LogP contribution in [0.2, 0.25) is 0 Å². The van der Waals surface area contributed by atoms with Gasteiger partial charge in [0.05, 0.1) is 6.61 Å². The number of rotatable bonds is 7. The zero-order valence-corrected chi connectivity index (χ0v) is 13.9. The molecule has 4 nitrogen and oxygen atoms in total. The first kappa shape index (κ1) is 16.6. The van der Waals surface area contributed by atoms with E-state index in [1.54, 1.807) is 0 Å². The van der Waals surface area contributed by atoms with Crippen molar-refractivity contribution in [3.63, 3.8) is 0 Å². The van der Waals surface area contributed by atoms with Crippen LogP contribution < -0.4 is 5.32 Å². The lowest BCUT2D eigenvalue weighted by atomic mass is 9.90. The maximum atomic E-state index is 12.0. The van der Waals surface area contributed by atoms with Gasteiger partial charge >= 0.3 is 6.09 Å². The van der Waals surface area contributed by atoms with Crippen molar-refractivity contribution in [2.24, 2.45) is 17.8 Å². The predicted molar refractivity (Wildman–Crippen MR) is 85.3 cm³/mol. The molecule has 1 saturated carbocycles. The number of nitrogens with zero attached hydrogens (tertiary/aromatic N) is 1. The van der Waals surface area contributed by atoms with Gasteiger partial charge in [-0.3, -0.25) is 0 Å². The Balaban J connectivity index is 1.84.